The molecule has 6 heteroatoms. The van der Waals surface area contributed by atoms with E-state index in [0.29, 0.717) is 24.5 Å². The highest BCUT2D eigenvalue weighted by Crippen LogP contribution is 2.34. The number of hydrogen-bond acceptors (Lipinski definition) is 3. The van der Waals surface area contributed by atoms with E-state index in [9.17, 15) is 9.18 Å². The van der Waals surface area contributed by atoms with Crippen LogP contribution in [0.25, 0.3) is 11.1 Å². The third-order valence-corrected chi connectivity index (χ3v) is 5.20. The lowest BCUT2D eigenvalue weighted by atomic mass is 9.93. The smallest absolute Gasteiger partial charge is 0.222 e. The van der Waals surface area contributed by atoms with Crippen LogP contribution in [-0.4, -0.2) is 40.7 Å². The molecule has 1 aromatic carbocycles. The molecule has 1 N–H and O–H groups in total. The number of carbonyl (C=O) groups excluding carboxylic acids is 1. The molecular weight excluding hydrogens is 321 g/mol. The van der Waals surface area contributed by atoms with Gasteiger partial charge in [-0.1, -0.05) is 12.1 Å². The molecule has 3 heterocycles. The molecule has 0 unspecified atom stereocenters. The van der Waals surface area contributed by atoms with Gasteiger partial charge in [0, 0.05) is 42.8 Å². The largest absolute Gasteiger partial charge is 0.373 e. The molecule has 5 nitrogen and oxygen atoms in total. The van der Waals surface area contributed by atoms with Crippen molar-refractivity contribution in [3.8, 4) is 11.1 Å². The number of ether oxygens (including phenoxy) is 1. The normalized spacial score (nSPS) is 24.0. The summed E-state index contributed by atoms with van der Waals surface area (Å²) in [5.41, 5.74) is 2.28. The van der Waals surface area contributed by atoms with Gasteiger partial charge in [0.2, 0.25) is 5.91 Å². The average molecular weight is 343 g/mol. The van der Waals surface area contributed by atoms with Crippen molar-refractivity contribution in [2.24, 2.45) is 5.92 Å². The second kappa shape index (κ2) is 6.96. The average Bonchev–Trinajstić information content (AvgIpc) is 3.28. The van der Waals surface area contributed by atoms with Gasteiger partial charge in [0.25, 0.3) is 0 Å². The summed E-state index contributed by atoms with van der Waals surface area (Å²) in [7, 11) is 0. The molecule has 2 aliphatic heterocycles. The van der Waals surface area contributed by atoms with Crippen molar-refractivity contribution in [3.05, 3.63) is 42.0 Å². The second-order valence-electron chi connectivity index (χ2n) is 6.93. The summed E-state index contributed by atoms with van der Waals surface area (Å²) >= 11 is 0. The first-order valence-electron chi connectivity index (χ1n) is 8.88. The van der Waals surface area contributed by atoms with E-state index in [1.165, 1.54) is 0 Å². The van der Waals surface area contributed by atoms with Gasteiger partial charge in [0.05, 0.1) is 18.9 Å². The van der Waals surface area contributed by atoms with E-state index in [2.05, 4.69) is 10.2 Å². The van der Waals surface area contributed by atoms with Gasteiger partial charge in [-0.2, -0.15) is 5.10 Å². The van der Waals surface area contributed by atoms with Gasteiger partial charge in [-0.3, -0.25) is 9.89 Å². The number of H-pyrrole nitrogens is 1. The number of rotatable bonds is 4. The lowest BCUT2D eigenvalue weighted by Crippen LogP contribution is -2.34. The number of aromatic nitrogens is 2. The topological polar surface area (TPSA) is 58.2 Å². The van der Waals surface area contributed by atoms with E-state index in [1.807, 2.05) is 17.0 Å². The number of hydrogen-bond donors (Lipinski definition) is 1. The molecule has 0 saturated carbocycles. The molecule has 2 aliphatic rings. The first-order valence-corrected chi connectivity index (χ1v) is 8.88. The minimum Gasteiger partial charge on any atom is -0.373 e. The molecule has 1 amide bonds. The van der Waals surface area contributed by atoms with Gasteiger partial charge in [0.15, 0.2) is 0 Å². The fraction of sp³-hybridized carbons (Fsp3) is 0.474. The Morgan fingerprint density at radius 1 is 1.32 bits per heavy atom. The van der Waals surface area contributed by atoms with Gasteiger partial charge in [-0.25, -0.2) is 4.39 Å². The highest BCUT2D eigenvalue weighted by Gasteiger charge is 2.29. The minimum absolute atomic E-state index is 0.205. The van der Waals surface area contributed by atoms with Crippen LogP contribution in [-0.2, 0) is 9.53 Å². The van der Waals surface area contributed by atoms with Crippen LogP contribution >= 0.6 is 0 Å². The highest BCUT2D eigenvalue weighted by molar-refractivity contribution is 5.78. The number of aromatic amines is 1. The molecule has 2 saturated heterocycles. The van der Waals surface area contributed by atoms with Crippen LogP contribution in [0.1, 0.15) is 37.4 Å². The maximum Gasteiger partial charge on any atom is 0.222 e. The Bertz CT molecular complexity index is 739. The lowest BCUT2D eigenvalue weighted by molar-refractivity contribution is -0.129. The van der Waals surface area contributed by atoms with Crippen LogP contribution in [0.4, 0.5) is 4.39 Å². The number of benzene rings is 1. The number of carbonyl (C=O) groups is 1. The van der Waals surface area contributed by atoms with Crippen LogP contribution in [0.3, 0.4) is 0 Å². The predicted octanol–water partition coefficient (Wildman–Crippen LogP) is 3.31. The number of likely N-dealkylation sites (tertiary alicyclic amines) is 1. The Morgan fingerprint density at radius 3 is 2.88 bits per heavy atom. The zero-order valence-electron chi connectivity index (χ0n) is 14.1. The van der Waals surface area contributed by atoms with Crippen molar-refractivity contribution in [2.75, 3.05) is 19.7 Å². The van der Waals surface area contributed by atoms with Gasteiger partial charge < -0.3 is 9.64 Å². The summed E-state index contributed by atoms with van der Waals surface area (Å²) in [6, 6.07) is 5.26. The molecule has 2 aromatic rings. The van der Waals surface area contributed by atoms with E-state index in [0.717, 1.165) is 43.5 Å². The standard InChI is InChI=1S/C19H22FN3O2/c20-17-8-14(15-9-21-22-10-15)4-5-16(17)18-6-3-13(12-25-18)11-23-7-1-2-19(23)24/h4-5,8-10,13,18H,1-3,6-7,11-12H2,(H,21,22)/t13-,18-/m1/s1. The van der Waals surface area contributed by atoms with E-state index < -0.39 is 0 Å². The predicted molar refractivity (Wildman–Crippen MR) is 91.2 cm³/mol. The van der Waals surface area contributed by atoms with Crippen LogP contribution in [0.5, 0.6) is 0 Å². The first-order chi connectivity index (χ1) is 12.2. The third kappa shape index (κ3) is 3.44. The quantitative estimate of drug-likeness (QED) is 0.927. The maximum absolute atomic E-state index is 14.5. The minimum atomic E-state index is -0.239. The van der Waals surface area contributed by atoms with Gasteiger partial charge in [-0.05, 0) is 30.9 Å². The van der Waals surface area contributed by atoms with Gasteiger partial charge in [0.1, 0.15) is 5.82 Å². The molecule has 132 valence electrons. The first kappa shape index (κ1) is 16.3. The Hall–Kier alpha value is -2.21. The van der Waals surface area contributed by atoms with E-state index >= 15 is 0 Å². The molecule has 0 radical (unpaired) electrons. The third-order valence-electron chi connectivity index (χ3n) is 5.20. The Labute approximate surface area is 146 Å². The van der Waals surface area contributed by atoms with Crippen LogP contribution < -0.4 is 0 Å². The maximum atomic E-state index is 14.5. The number of nitrogens with zero attached hydrogens (tertiary/aromatic N) is 2. The Morgan fingerprint density at radius 2 is 2.24 bits per heavy atom. The highest BCUT2D eigenvalue weighted by atomic mass is 19.1. The molecule has 4 rings (SSSR count). The molecule has 0 bridgehead atoms. The molecule has 25 heavy (non-hydrogen) atoms. The van der Waals surface area contributed by atoms with E-state index in [4.69, 9.17) is 4.74 Å². The van der Waals surface area contributed by atoms with Crippen molar-refractivity contribution in [1.29, 1.82) is 0 Å². The summed E-state index contributed by atoms with van der Waals surface area (Å²) in [5, 5.41) is 6.63. The summed E-state index contributed by atoms with van der Waals surface area (Å²) in [5.74, 6) is 0.367. The number of nitrogens with one attached hydrogen (secondary N) is 1. The van der Waals surface area contributed by atoms with Crippen LogP contribution in [0.15, 0.2) is 30.6 Å². The summed E-state index contributed by atoms with van der Waals surface area (Å²) in [6.07, 6.45) is 6.59. The number of halogens is 1. The zero-order valence-corrected chi connectivity index (χ0v) is 14.1. The van der Waals surface area contributed by atoms with Crippen molar-refractivity contribution >= 4 is 5.91 Å². The van der Waals surface area contributed by atoms with Gasteiger partial charge in [-0.15, -0.1) is 0 Å². The lowest BCUT2D eigenvalue weighted by Gasteiger charge is -2.32. The fourth-order valence-electron chi connectivity index (χ4n) is 3.78. The monoisotopic (exact) mass is 343 g/mol. The van der Waals surface area contributed by atoms with Crippen LogP contribution in [0, 0.1) is 11.7 Å². The Balaban J connectivity index is 1.38. The zero-order chi connectivity index (χ0) is 17.2. The van der Waals surface area contributed by atoms with E-state index in [1.54, 1.807) is 18.5 Å². The summed E-state index contributed by atoms with van der Waals surface area (Å²) in [4.78, 5) is 13.7. The molecule has 2 fully saturated rings. The van der Waals surface area contributed by atoms with E-state index in [-0.39, 0.29) is 17.8 Å². The molecule has 2 atom stereocenters. The van der Waals surface area contributed by atoms with Crippen molar-refractivity contribution in [2.45, 2.75) is 31.8 Å². The van der Waals surface area contributed by atoms with Crippen molar-refractivity contribution < 1.29 is 13.9 Å². The fourth-order valence-corrected chi connectivity index (χ4v) is 3.78. The molecule has 1 aromatic heterocycles. The van der Waals surface area contributed by atoms with Crippen molar-refractivity contribution in [1.82, 2.24) is 15.1 Å². The summed E-state index contributed by atoms with van der Waals surface area (Å²) < 4.78 is 20.5. The van der Waals surface area contributed by atoms with Crippen molar-refractivity contribution in [3.63, 3.8) is 0 Å². The second-order valence-corrected chi connectivity index (χ2v) is 6.93. The number of amides is 1. The Kier molecular flexibility index (Phi) is 4.53. The SMILES string of the molecule is O=C1CCCN1C[C@H]1CC[C@H](c2ccc(-c3cn[nH]c3)cc2F)OC1. The summed E-state index contributed by atoms with van der Waals surface area (Å²) in [6.45, 7) is 2.22. The molecule has 0 spiro atoms. The molecule has 0 aliphatic carbocycles. The van der Waals surface area contributed by atoms with Gasteiger partial charge >= 0.3 is 0 Å². The molecular formula is C19H22FN3O2. The van der Waals surface area contributed by atoms with Crippen LogP contribution in [0.2, 0.25) is 0 Å².